The zero-order valence-electron chi connectivity index (χ0n) is 8.78. The lowest BCUT2D eigenvalue weighted by Gasteiger charge is -2.29. The van der Waals surface area contributed by atoms with Crippen LogP contribution in [0.25, 0.3) is 0 Å². The van der Waals surface area contributed by atoms with Crippen LogP contribution in [0.5, 0.6) is 0 Å². The molecule has 0 spiro atoms. The summed E-state index contributed by atoms with van der Waals surface area (Å²) in [5.74, 6) is 0. The van der Waals surface area contributed by atoms with Crippen LogP contribution in [0.3, 0.4) is 0 Å². The minimum Gasteiger partial charge on any atom is -0.324 e. The monoisotopic (exact) mass is 210 g/mol. The van der Waals surface area contributed by atoms with Crippen molar-refractivity contribution < 1.29 is 4.92 Å². The topological polar surface area (TPSA) is 97.8 Å². The van der Waals surface area contributed by atoms with Gasteiger partial charge in [-0.15, -0.1) is 0 Å². The van der Waals surface area contributed by atoms with Gasteiger partial charge >= 0.3 is 5.69 Å². The highest BCUT2D eigenvalue weighted by Crippen LogP contribution is 2.50. The average molecular weight is 210 g/mol. The normalized spacial score (nSPS) is 18.9. The van der Waals surface area contributed by atoms with Crippen LogP contribution in [-0.4, -0.2) is 20.7 Å². The highest BCUT2D eigenvalue weighted by atomic mass is 16.6. The molecule has 1 aliphatic carbocycles. The molecule has 0 atom stereocenters. The molecule has 1 heterocycles. The van der Waals surface area contributed by atoms with Gasteiger partial charge in [-0.25, -0.2) is 0 Å². The van der Waals surface area contributed by atoms with Crippen molar-refractivity contribution in [2.24, 2.45) is 5.73 Å². The molecule has 0 unspecified atom stereocenters. The number of hydrogen-bond acceptors (Lipinski definition) is 4. The van der Waals surface area contributed by atoms with Gasteiger partial charge in [-0.2, -0.15) is 5.10 Å². The third kappa shape index (κ3) is 1.32. The molecule has 1 saturated carbocycles. The summed E-state index contributed by atoms with van der Waals surface area (Å²) >= 11 is 0. The van der Waals surface area contributed by atoms with E-state index in [0.29, 0.717) is 5.69 Å². The summed E-state index contributed by atoms with van der Waals surface area (Å²) in [5.41, 5.74) is 5.89. The molecule has 3 N–H and O–H groups in total. The fourth-order valence-corrected chi connectivity index (χ4v) is 1.89. The van der Waals surface area contributed by atoms with Crippen LogP contribution in [0.1, 0.15) is 32.4 Å². The molecule has 0 saturated heterocycles. The second kappa shape index (κ2) is 2.79. The lowest BCUT2D eigenvalue weighted by atomic mass is 9.79. The molecule has 15 heavy (non-hydrogen) atoms. The standard InChI is InChI=1S/C9H14N4O2/c1-8(2,9(10)3-4-9)7-6(13(14)15)5-11-12-7/h5H,3-4,10H2,1-2H3,(H,11,12). The van der Waals surface area contributed by atoms with E-state index in [0.717, 1.165) is 12.8 Å². The van der Waals surface area contributed by atoms with E-state index in [-0.39, 0.29) is 11.2 Å². The molecule has 1 fully saturated rings. The molecular formula is C9H14N4O2. The van der Waals surface area contributed by atoms with Crippen molar-refractivity contribution in [1.29, 1.82) is 0 Å². The van der Waals surface area contributed by atoms with Crippen molar-refractivity contribution in [2.75, 3.05) is 0 Å². The second-order valence-corrected chi connectivity index (χ2v) is 4.67. The summed E-state index contributed by atoms with van der Waals surface area (Å²) in [6.45, 7) is 3.83. The maximum Gasteiger partial charge on any atom is 0.310 e. The quantitative estimate of drug-likeness (QED) is 0.576. The largest absolute Gasteiger partial charge is 0.324 e. The van der Waals surface area contributed by atoms with Crippen LogP contribution in [0.15, 0.2) is 6.20 Å². The van der Waals surface area contributed by atoms with Crippen molar-refractivity contribution in [1.82, 2.24) is 10.2 Å². The summed E-state index contributed by atoms with van der Waals surface area (Å²) < 4.78 is 0. The Morgan fingerprint density at radius 2 is 2.27 bits per heavy atom. The van der Waals surface area contributed by atoms with E-state index in [1.807, 2.05) is 13.8 Å². The zero-order valence-corrected chi connectivity index (χ0v) is 8.78. The van der Waals surface area contributed by atoms with Crippen LogP contribution in [0.4, 0.5) is 5.69 Å². The van der Waals surface area contributed by atoms with E-state index in [4.69, 9.17) is 5.73 Å². The Morgan fingerprint density at radius 1 is 1.67 bits per heavy atom. The van der Waals surface area contributed by atoms with Crippen molar-refractivity contribution in [3.05, 3.63) is 22.0 Å². The first-order valence-electron chi connectivity index (χ1n) is 4.86. The lowest BCUT2D eigenvalue weighted by Crippen LogP contribution is -2.43. The highest BCUT2D eigenvalue weighted by molar-refractivity contribution is 5.41. The number of nitrogens with one attached hydrogen (secondary N) is 1. The molecule has 82 valence electrons. The van der Waals surface area contributed by atoms with Gasteiger partial charge in [-0.1, -0.05) is 13.8 Å². The molecule has 2 rings (SSSR count). The molecule has 0 aliphatic heterocycles. The maximum absolute atomic E-state index is 10.8. The van der Waals surface area contributed by atoms with Crippen LogP contribution < -0.4 is 5.73 Å². The third-order valence-electron chi connectivity index (χ3n) is 3.47. The van der Waals surface area contributed by atoms with Gasteiger partial charge in [0.25, 0.3) is 0 Å². The van der Waals surface area contributed by atoms with Crippen molar-refractivity contribution >= 4 is 5.69 Å². The molecule has 6 nitrogen and oxygen atoms in total. The number of nitrogens with two attached hydrogens (primary N) is 1. The Hall–Kier alpha value is -1.43. The fraction of sp³-hybridized carbons (Fsp3) is 0.667. The predicted molar refractivity (Wildman–Crippen MR) is 54.4 cm³/mol. The highest BCUT2D eigenvalue weighted by Gasteiger charge is 2.54. The predicted octanol–water partition coefficient (Wildman–Crippen LogP) is 1.09. The summed E-state index contributed by atoms with van der Waals surface area (Å²) in [6, 6.07) is 0. The number of aromatic amines is 1. The first-order valence-corrected chi connectivity index (χ1v) is 4.86. The van der Waals surface area contributed by atoms with Crippen LogP contribution in [0, 0.1) is 10.1 Å². The molecule has 0 amide bonds. The second-order valence-electron chi connectivity index (χ2n) is 4.67. The van der Waals surface area contributed by atoms with Gasteiger partial charge in [0.05, 0.1) is 4.92 Å². The van der Waals surface area contributed by atoms with Crippen molar-refractivity contribution in [2.45, 2.75) is 37.6 Å². The van der Waals surface area contributed by atoms with Crippen LogP contribution in [-0.2, 0) is 5.41 Å². The van der Waals surface area contributed by atoms with Gasteiger partial charge in [-0.3, -0.25) is 15.2 Å². The summed E-state index contributed by atoms with van der Waals surface area (Å²) in [5, 5.41) is 17.2. The van der Waals surface area contributed by atoms with Gasteiger partial charge < -0.3 is 5.73 Å². The molecule has 6 heteroatoms. The van der Waals surface area contributed by atoms with Crippen LogP contribution >= 0.6 is 0 Å². The molecule has 1 aliphatic rings. The Morgan fingerprint density at radius 3 is 2.73 bits per heavy atom. The van der Waals surface area contributed by atoms with Gasteiger partial charge in [0.1, 0.15) is 11.9 Å². The minimum absolute atomic E-state index is 0.0247. The number of nitro groups is 1. The van der Waals surface area contributed by atoms with Crippen molar-refractivity contribution in [3.63, 3.8) is 0 Å². The lowest BCUT2D eigenvalue weighted by molar-refractivity contribution is -0.386. The summed E-state index contributed by atoms with van der Waals surface area (Å²) in [4.78, 5) is 10.4. The van der Waals surface area contributed by atoms with E-state index in [2.05, 4.69) is 10.2 Å². The SMILES string of the molecule is CC(C)(c1[nH]ncc1[N+](=O)[O-])C1(N)CC1. The van der Waals surface area contributed by atoms with Gasteiger partial charge in [0.15, 0.2) is 0 Å². The summed E-state index contributed by atoms with van der Waals surface area (Å²) in [6.07, 6.45) is 3.04. The molecular weight excluding hydrogens is 196 g/mol. The van der Waals surface area contributed by atoms with Gasteiger partial charge in [0.2, 0.25) is 0 Å². The smallest absolute Gasteiger partial charge is 0.310 e. The number of rotatable bonds is 3. The molecule has 0 aromatic carbocycles. The fourth-order valence-electron chi connectivity index (χ4n) is 1.89. The molecule has 1 aromatic rings. The van der Waals surface area contributed by atoms with E-state index in [1.165, 1.54) is 6.20 Å². The maximum atomic E-state index is 10.8. The number of H-pyrrole nitrogens is 1. The van der Waals surface area contributed by atoms with Crippen molar-refractivity contribution in [3.8, 4) is 0 Å². The van der Waals surface area contributed by atoms with Gasteiger partial charge in [0, 0.05) is 11.0 Å². The number of nitrogens with zero attached hydrogens (tertiary/aromatic N) is 2. The molecule has 0 radical (unpaired) electrons. The first kappa shape index (κ1) is 10.1. The molecule has 1 aromatic heterocycles. The number of hydrogen-bond donors (Lipinski definition) is 2. The third-order valence-corrected chi connectivity index (χ3v) is 3.47. The van der Waals surface area contributed by atoms with E-state index in [9.17, 15) is 10.1 Å². The Kier molecular flexibility index (Phi) is 1.88. The number of aromatic nitrogens is 2. The van der Waals surface area contributed by atoms with Crippen LogP contribution in [0.2, 0.25) is 0 Å². The van der Waals surface area contributed by atoms with Gasteiger partial charge in [-0.05, 0) is 12.8 Å². The average Bonchev–Trinajstić information content (AvgIpc) is 2.73. The minimum atomic E-state index is -0.439. The first-order chi connectivity index (χ1) is 6.88. The Balaban J connectivity index is 2.44. The molecule has 0 bridgehead atoms. The Bertz CT molecular complexity index is 406. The summed E-state index contributed by atoms with van der Waals surface area (Å²) in [7, 11) is 0. The zero-order chi connectivity index (χ0) is 11.3. The Labute approximate surface area is 87.0 Å². The van der Waals surface area contributed by atoms with E-state index in [1.54, 1.807) is 0 Å². The van der Waals surface area contributed by atoms with E-state index < -0.39 is 10.3 Å². The van der Waals surface area contributed by atoms with E-state index >= 15 is 0 Å².